The normalized spacial score (nSPS) is 35.6. The number of ether oxygens (including phenoxy) is 5. The predicted octanol–water partition coefficient (Wildman–Crippen LogP) is 6.00. The van der Waals surface area contributed by atoms with Gasteiger partial charge in [0.05, 0.1) is 38.1 Å². The van der Waals surface area contributed by atoms with Gasteiger partial charge in [0.15, 0.2) is 6.29 Å². The van der Waals surface area contributed by atoms with Crippen LogP contribution in [0.25, 0.3) is 0 Å². The lowest BCUT2D eigenvalue weighted by Crippen LogP contribution is -2.55. The smallest absolute Gasteiger partial charge is 0.184 e. The molecule has 35 heavy (non-hydrogen) atoms. The van der Waals surface area contributed by atoms with Crippen LogP contribution in [-0.4, -0.2) is 43.4 Å². The third-order valence-electron chi connectivity index (χ3n) is 7.89. The van der Waals surface area contributed by atoms with E-state index in [1.807, 2.05) is 36.4 Å². The second-order valence-electron chi connectivity index (χ2n) is 10.5. The largest absolute Gasteiger partial charge is 0.374 e. The van der Waals surface area contributed by atoms with Gasteiger partial charge in [0.25, 0.3) is 0 Å². The van der Waals surface area contributed by atoms with E-state index in [1.165, 1.54) is 0 Å². The van der Waals surface area contributed by atoms with E-state index in [4.69, 9.17) is 23.7 Å². The van der Waals surface area contributed by atoms with Crippen molar-refractivity contribution in [2.45, 2.75) is 91.1 Å². The third kappa shape index (κ3) is 6.93. The summed E-state index contributed by atoms with van der Waals surface area (Å²) in [5.74, 6) is 1.07. The fraction of sp³-hybridized carbons (Fsp3) is 0.600. The molecular weight excluding hydrogens is 440 g/mol. The van der Waals surface area contributed by atoms with Gasteiger partial charge in [-0.15, -0.1) is 0 Å². The summed E-state index contributed by atoms with van der Waals surface area (Å²) in [6, 6.07) is 20.5. The Labute approximate surface area is 211 Å². The summed E-state index contributed by atoms with van der Waals surface area (Å²) in [6.07, 6.45) is 0.305. The first kappa shape index (κ1) is 26.3. The zero-order valence-electron chi connectivity index (χ0n) is 21.8. The topological polar surface area (TPSA) is 46.2 Å². The van der Waals surface area contributed by atoms with Gasteiger partial charge in [-0.2, -0.15) is 0 Å². The molecule has 0 spiro atoms. The molecule has 192 valence electrons. The van der Waals surface area contributed by atoms with Gasteiger partial charge in [0, 0.05) is 0 Å². The van der Waals surface area contributed by atoms with E-state index in [-0.39, 0.29) is 30.5 Å². The van der Waals surface area contributed by atoms with Crippen molar-refractivity contribution in [1.29, 1.82) is 0 Å². The van der Waals surface area contributed by atoms with Gasteiger partial charge in [-0.05, 0) is 49.1 Å². The van der Waals surface area contributed by atoms with Crippen molar-refractivity contribution in [3.8, 4) is 0 Å². The molecule has 2 aliphatic heterocycles. The minimum absolute atomic E-state index is 0.112. The number of hydrogen-bond acceptors (Lipinski definition) is 5. The Hall–Kier alpha value is -1.76. The van der Waals surface area contributed by atoms with Gasteiger partial charge in [0.2, 0.25) is 0 Å². The van der Waals surface area contributed by atoms with E-state index in [2.05, 4.69) is 58.9 Å². The summed E-state index contributed by atoms with van der Waals surface area (Å²) in [5.41, 5.74) is 2.31. The Kier molecular flexibility index (Phi) is 9.37. The maximum absolute atomic E-state index is 6.75. The Morgan fingerprint density at radius 3 is 2.03 bits per heavy atom. The van der Waals surface area contributed by atoms with Gasteiger partial charge >= 0.3 is 0 Å². The molecule has 0 aliphatic carbocycles. The molecule has 5 heteroatoms. The van der Waals surface area contributed by atoms with Crippen molar-refractivity contribution in [3.63, 3.8) is 0 Å². The zero-order valence-corrected chi connectivity index (χ0v) is 21.8. The second kappa shape index (κ2) is 12.5. The van der Waals surface area contributed by atoms with Crippen LogP contribution >= 0.6 is 0 Å². The van der Waals surface area contributed by atoms with Crippen LogP contribution in [0.2, 0.25) is 0 Å². The van der Waals surface area contributed by atoms with Crippen molar-refractivity contribution < 1.29 is 23.7 Å². The Bertz CT molecular complexity index is 875. The van der Waals surface area contributed by atoms with E-state index in [0.29, 0.717) is 37.6 Å². The molecule has 2 aliphatic rings. The lowest BCUT2D eigenvalue weighted by atomic mass is 9.81. The van der Waals surface area contributed by atoms with Crippen molar-refractivity contribution >= 4 is 0 Å². The van der Waals surface area contributed by atoms with E-state index < -0.39 is 6.29 Å². The maximum atomic E-state index is 6.75. The number of hydrogen-bond donors (Lipinski definition) is 0. The summed E-state index contributed by atoms with van der Waals surface area (Å²) in [4.78, 5) is 0. The lowest BCUT2D eigenvalue weighted by Gasteiger charge is -2.47. The monoisotopic (exact) mass is 482 g/mol. The third-order valence-corrected chi connectivity index (χ3v) is 7.89. The van der Waals surface area contributed by atoms with Gasteiger partial charge in [-0.25, -0.2) is 0 Å². The fourth-order valence-electron chi connectivity index (χ4n) is 5.06. The minimum atomic E-state index is -0.432. The van der Waals surface area contributed by atoms with Crippen LogP contribution in [0, 0.1) is 17.8 Å². The highest BCUT2D eigenvalue weighted by atomic mass is 16.7. The van der Waals surface area contributed by atoms with Crippen molar-refractivity contribution in [2.24, 2.45) is 17.8 Å². The van der Waals surface area contributed by atoms with E-state index >= 15 is 0 Å². The SMILES string of the molecule is CC1[C@H](C)OC(COCc2ccccc2)[C@@H](O[C@@H]2OC(C)[C@@H](C)CC2OCc2ccccc2)[C@@H]1C. The van der Waals surface area contributed by atoms with Gasteiger partial charge < -0.3 is 23.7 Å². The molecule has 0 N–H and O–H groups in total. The Balaban J connectivity index is 1.43. The molecule has 9 atom stereocenters. The van der Waals surface area contributed by atoms with Crippen molar-refractivity contribution in [2.75, 3.05) is 6.61 Å². The summed E-state index contributed by atoms with van der Waals surface area (Å²) in [6.45, 7) is 12.6. The molecule has 2 aromatic carbocycles. The van der Waals surface area contributed by atoms with E-state index in [0.717, 1.165) is 17.5 Å². The van der Waals surface area contributed by atoms with Crippen LogP contribution in [0.3, 0.4) is 0 Å². The first-order valence-corrected chi connectivity index (χ1v) is 13.2. The molecule has 2 aromatic rings. The van der Waals surface area contributed by atoms with E-state index in [1.54, 1.807) is 0 Å². The fourth-order valence-corrected chi connectivity index (χ4v) is 5.06. The second-order valence-corrected chi connectivity index (χ2v) is 10.5. The first-order valence-electron chi connectivity index (χ1n) is 13.2. The lowest BCUT2D eigenvalue weighted by molar-refractivity contribution is -0.310. The minimum Gasteiger partial charge on any atom is -0.374 e. The molecule has 0 amide bonds. The summed E-state index contributed by atoms with van der Waals surface area (Å²) in [7, 11) is 0. The Morgan fingerprint density at radius 1 is 0.743 bits per heavy atom. The first-order chi connectivity index (χ1) is 16.9. The molecule has 0 saturated carbocycles. The average molecular weight is 483 g/mol. The molecule has 2 saturated heterocycles. The van der Waals surface area contributed by atoms with Crippen LogP contribution in [0.15, 0.2) is 60.7 Å². The highest BCUT2D eigenvalue weighted by Crippen LogP contribution is 2.36. The van der Waals surface area contributed by atoms with Crippen LogP contribution < -0.4 is 0 Å². The standard InChI is InChI=1S/C30H42O5/c1-20-16-27(32-18-26-14-10-7-11-15-26)30(34-23(20)4)35-29-22(3)21(2)24(5)33-28(29)19-31-17-25-12-8-6-9-13-25/h6-15,20-24,27-30H,16-19H2,1-5H3/t20-,21?,22+,23?,24-,27?,28?,29-,30-/m0/s1. The zero-order chi connectivity index (χ0) is 24.8. The highest BCUT2D eigenvalue weighted by Gasteiger charge is 2.45. The predicted molar refractivity (Wildman–Crippen MR) is 137 cm³/mol. The van der Waals surface area contributed by atoms with Crippen molar-refractivity contribution in [3.05, 3.63) is 71.8 Å². The summed E-state index contributed by atoms with van der Waals surface area (Å²) >= 11 is 0. The highest BCUT2D eigenvalue weighted by molar-refractivity contribution is 5.14. The maximum Gasteiger partial charge on any atom is 0.184 e. The molecular formula is C30H42O5. The molecule has 0 aromatic heterocycles. The molecule has 5 nitrogen and oxygen atoms in total. The van der Waals surface area contributed by atoms with Gasteiger partial charge in [-0.1, -0.05) is 81.4 Å². The van der Waals surface area contributed by atoms with Crippen LogP contribution in [0.4, 0.5) is 0 Å². The number of benzene rings is 2. The summed E-state index contributed by atoms with van der Waals surface area (Å²) < 4.78 is 32.0. The summed E-state index contributed by atoms with van der Waals surface area (Å²) in [5, 5.41) is 0. The van der Waals surface area contributed by atoms with Gasteiger partial charge in [-0.3, -0.25) is 0 Å². The van der Waals surface area contributed by atoms with Crippen LogP contribution in [0.1, 0.15) is 52.2 Å². The molecule has 0 radical (unpaired) electrons. The molecule has 2 fully saturated rings. The van der Waals surface area contributed by atoms with Crippen LogP contribution in [0.5, 0.6) is 0 Å². The molecule has 4 unspecified atom stereocenters. The van der Waals surface area contributed by atoms with E-state index in [9.17, 15) is 0 Å². The number of rotatable bonds is 9. The Morgan fingerprint density at radius 2 is 1.37 bits per heavy atom. The van der Waals surface area contributed by atoms with Crippen molar-refractivity contribution in [1.82, 2.24) is 0 Å². The molecule has 2 heterocycles. The quantitative estimate of drug-likeness (QED) is 0.438. The average Bonchev–Trinajstić information content (AvgIpc) is 2.87. The molecule has 4 rings (SSSR count). The molecule has 0 bridgehead atoms. The van der Waals surface area contributed by atoms with Gasteiger partial charge in [0.1, 0.15) is 12.2 Å². The van der Waals surface area contributed by atoms with Crippen LogP contribution in [-0.2, 0) is 36.9 Å².